The third-order valence-corrected chi connectivity index (χ3v) is 7.42. The van der Waals surface area contributed by atoms with Crippen molar-refractivity contribution >= 4 is 39.6 Å². The van der Waals surface area contributed by atoms with E-state index in [-0.39, 0.29) is 5.41 Å². The fourth-order valence-corrected chi connectivity index (χ4v) is 4.90. The van der Waals surface area contributed by atoms with Gasteiger partial charge in [-0.05, 0) is 49.3 Å². The lowest BCUT2D eigenvalue weighted by atomic mass is 9.96. The molecule has 1 atom stereocenters. The molecule has 8 nitrogen and oxygen atoms in total. The van der Waals surface area contributed by atoms with Gasteiger partial charge in [0.1, 0.15) is 11.6 Å². The molecule has 0 saturated heterocycles. The maximum Gasteiger partial charge on any atom is 0.262 e. The van der Waals surface area contributed by atoms with E-state index in [0.29, 0.717) is 69.9 Å². The van der Waals surface area contributed by atoms with Crippen LogP contribution in [0.5, 0.6) is 0 Å². The number of hydrogen-bond acceptors (Lipinski definition) is 8. The van der Waals surface area contributed by atoms with E-state index in [9.17, 15) is 14.0 Å². The van der Waals surface area contributed by atoms with Crippen molar-refractivity contribution in [2.24, 2.45) is 10.4 Å². The Morgan fingerprint density at radius 3 is 2.68 bits per heavy atom. The van der Waals surface area contributed by atoms with Gasteiger partial charge in [0.15, 0.2) is 0 Å². The number of nitrogens with zero attached hydrogens (tertiary/aromatic N) is 4. The van der Waals surface area contributed by atoms with Crippen LogP contribution in [0.2, 0.25) is 5.02 Å². The summed E-state index contributed by atoms with van der Waals surface area (Å²) in [4.78, 5) is 9.01. The van der Waals surface area contributed by atoms with E-state index < -0.39 is 18.0 Å². The average Bonchev–Trinajstić information content (AvgIpc) is 3.60. The molecule has 0 amide bonds. The number of anilines is 2. The fraction of sp³-hybridized carbons (Fsp3) is 0.433. The van der Waals surface area contributed by atoms with Crippen LogP contribution >= 0.6 is 11.6 Å². The van der Waals surface area contributed by atoms with Crippen LogP contribution in [-0.4, -0.2) is 40.3 Å². The highest BCUT2D eigenvalue weighted by Gasteiger charge is 2.56. The van der Waals surface area contributed by atoms with E-state index in [1.165, 1.54) is 11.2 Å². The van der Waals surface area contributed by atoms with Gasteiger partial charge in [0.25, 0.3) is 6.43 Å². The molecular formula is C30H37ClF2N8. The Hall–Kier alpha value is -3.68. The highest BCUT2D eigenvalue weighted by Crippen LogP contribution is 2.47. The molecule has 1 aromatic carbocycles. The molecule has 41 heavy (non-hydrogen) atoms. The Morgan fingerprint density at radius 1 is 1.37 bits per heavy atom. The number of alkyl halides is 2. The largest absolute Gasteiger partial charge is 0.383 e. The molecule has 1 fully saturated rings. The number of nitriles is 1. The lowest BCUT2D eigenvalue weighted by molar-refractivity contribution is 0.00912. The Kier molecular flexibility index (Phi) is 8.90. The zero-order valence-corrected chi connectivity index (χ0v) is 24.8. The smallest absolute Gasteiger partial charge is 0.262 e. The van der Waals surface area contributed by atoms with Crippen LogP contribution in [0, 0.1) is 16.7 Å². The van der Waals surface area contributed by atoms with Gasteiger partial charge in [-0.15, -0.1) is 5.53 Å². The molecule has 1 aliphatic carbocycles. The summed E-state index contributed by atoms with van der Waals surface area (Å²) in [7, 11) is 0. The molecule has 11 heteroatoms. The third-order valence-electron chi connectivity index (χ3n) is 7.13. The van der Waals surface area contributed by atoms with Crippen LogP contribution in [0.1, 0.15) is 59.4 Å². The molecule has 1 aliphatic heterocycles. The first-order valence-corrected chi connectivity index (χ1v) is 14.0. The number of aromatic nitrogens is 1. The van der Waals surface area contributed by atoms with Crippen molar-refractivity contribution < 1.29 is 8.78 Å². The van der Waals surface area contributed by atoms with E-state index in [1.807, 2.05) is 26.0 Å². The SMILES string of the molecule is C=C(/C(CC)=N\C=C/C)[C@H](Nc1cc(Cl)c2ncc(C#N)c(NCC(C)(C)C)c2c1)C1=CN(C2(C(F)F)CC2)NN1. The molecular weight excluding hydrogens is 546 g/mol. The topological polar surface area (TPSA) is 100 Å². The van der Waals surface area contributed by atoms with Crippen molar-refractivity contribution in [2.45, 2.75) is 71.9 Å². The number of fused-ring (bicyclic) bond motifs is 1. The normalized spacial score (nSPS) is 17.4. The lowest BCUT2D eigenvalue weighted by Gasteiger charge is -2.25. The van der Waals surface area contributed by atoms with E-state index in [0.717, 1.165) is 5.71 Å². The van der Waals surface area contributed by atoms with Gasteiger partial charge in [0.2, 0.25) is 0 Å². The van der Waals surface area contributed by atoms with Gasteiger partial charge in [0, 0.05) is 41.9 Å². The second-order valence-electron chi connectivity index (χ2n) is 11.5. The van der Waals surface area contributed by atoms with Gasteiger partial charge in [-0.1, -0.05) is 52.0 Å². The van der Waals surface area contributed by atoms with Crippen LogP contribution in [-0.2, 0) is 0 Å². The minimum absolute atomic E-state index is 0.0374. The number of hydrogen-bond donors (Lipinski definition) is 4. The molecule has 0 bridgehead atoms. The van der Waals surface area contributed by atoms with E-state index in [4.69, 9.17) is 11.6 Å². The Balaban J connectivity index is 1.78. The number of hydrazine groups is 2. The van der Waals surface area contributed by atoms with Crippen LogP contribution in [0.15, 0.2) is 59.6 Å². The summed E-state index contributed by atoms with van der Waals surface area (Å²) >= 11 is 6.72. The van der Waals surface area contributed by atoms with Crippen LogP contribution in [0.3, 0.4) is 0 Å². The summed E-state index contributed by atoms with van der Waals surface area (Å²) in [6.45, 7) is 15.1. The minimum atomic E-state index is -2.50. The maximum atomic E-state index is 13.9. The summed E-state index contributed by atoms with van der Waals surface area (Å²) in [5.74, 6) is 0. The first-order chi connectivity index (χ1) is 19.4. The second kappa shape index (κ2) is 12.0. The maximum absolute atomic E-state index is 13.9. The Morgan fingerprint density at radius 2 is 2.10 bits per heavy atom. The number of pyridine rings is 1. The van der Waals surface area contributed by atoms with E-state index >= 15 is 0 Å². The summed E-state index contributed by atoms with van der Waals surface area (Å²) in [6.07, 6.45) is 5.62. The van der Waals surface area contributed by atoms with Crippen molar-refractivity contribution in [1.29, 1.82) is 5.26 Å². The zero-order chi connectivity index (χ0) is 29.9. The van der Waals surface area contributed by atoms with Gasteiger partial charge < -0.3 is 16.1 Å². The fourth-order valence-electron chi connectivity index (χ4n) is 4.63. The zero-order valence-electron chi connectivity index (χ0n) is 24.1. The molecule has 1 aromatic heterocycles. The first-order valence-electron chi connectivity index (χ1n) is 13.6. The molecule has 2 aromatic rings. The number of allylic oxidation sites excluding steroid dienone is 1. The summed E-state index contributed by atoms with van der Waals surface area (Å²) in [5.41, 5.74) is 8.99. The van der Waals surface area contributed by atoms with Crippen LogP contribution in [0.4, 0.5) is 20.2 Å². The van der Waals surface area contributed by atoms with E-state index in [2.05, 4.69) is 65.0 Å². The highest BCUT2D eigenvalue weighted by molar-refractivity contribution is 6.35. The molecule has 0 spiro atoms. The molecule has 2 heterocycles. The first kappa shape index (κ1) is 30.3. The number of rotatable bonds is 11. The molecule has 0 radical (unpaired) electrons. The van der Waals surface area contributed by atoms with Crippen molar-refractivity contribution in [3.8, 4) is 6.07 Å². The quantitative estimate of drug-likeness (QED) is 0.214. The monoisotopic (exact) mass is 582 g/mol. The van der Waals surface area contributed by atoms with Crippen LogP contribution in [0.25, 0.3) is 10.9 Å². The van der Waals surface area contributed by atoms with Crippen LogP contribution < -0.4 is 21.6 Å². The standard InChI is InChI=1S/C30H37ClF2N8/c1-7-11-35-23(8-2)18(3)25(24-16-41(40-39-24)30(9-10-30)28(32)33)38-20-12-21-26(37-17-29(4,5)6)19(14-34)15-36-27(21)22(31)13-20/h7,11-13,15-16,25,28,38-40H,3,8-10,17H2,1-2,4-6H3,(H,36,37)/b11-7-,35-23-/t25-/m0/s1. The summed E-state index contributed by atoms with van der Waals surface area (Å²) < 4.78 is 27.7. The van der Waals surface area contributed by atoms with Crippen molar-refractivity contribution in [1.82, 2.24) is 21.0 Å². The van der Waals surface area contributed by atoms with Crippen molar-refractivity contribution in [3.05, 3.63) is 65.2 Å². The van der Waals surface area contributed by atoms with Gasteiger partial charge in [0.05, 0.1) is 33.5 Å². The van der Waals surface area contributed by atoms with Gasteiger partial charge in [-0.3, -0.25) is 15.0 Å². The van der Waals surface area contributed by atoms with E-state index in [1.54, 1.807) is 18.5 Å². The molecule has 0 unspecified atom stereocenters. The Labute approximate surface area is 245 Å². The number of aliphatic imine (C=N–C) groups is 1. The highest BCUT2D eigenvalue weighted by atomic mass is 35.5. The van der Waals surface area contributed by atoms with Gasteiger partial charge >= 0.3 is 0 Å². The lowest BCUT2D eigenvalue weighted by Crippen LogP contribution is -2.48. The number of nitrogens with one attached hydrogen (secondary N) is 4. The summed E-state index contributed by atoms with van der Waals surface area (Å²) in [6, 6.07) is 5.31. The predicted molar refractivity (Wildman–Crippen MR) is 163 cm³/mol. The summed E-state index contributed by atoms with van der Waals surface area (Å²) in [5, 5.41) is 19.3. The third kappa shape index (κ3) is 6.47. The average molecular weight is 583 g/mol. The minimum Gasteiger partial charge on any atom is -0.383 e. The number of halogens is 3. The second-order valence-corrected chi connectivity index (χ2v) is 11.9. The Bertz CT molecular complexity index is 1450. The number of benzene rings is 1. The van der Waals surface area contributed by atoms with Crippen molar-refractivity contribution in [2.75, 3.05) is 17.2 Å². The molecule has 4 N–H and O–H groups in total. The van der Waals surface area contributed by atoms with Gasteiger partial charge in [-0.25, -0.2) is 8.78 Å². The van der Waals surface area contributed by atoms with Crippen molar-refractivity contribution in [3.63, 3.8) is 0 Å². The molecule has 4 rings (SSSR count). The predicted octanol–water partition coefficient (Wildman–Crippen LogP) is 6.90. The van der Waals surface area contributed by atoms with Gasteiger partial charge in [-0.2, -0.15) is 5.26 Å². The molecule has 1 saturated carbocycles. The molecule has 2 aliphatic rings. The molecule has 218 valence electrons.